The maximum Gasteiger partial charge on any atom is 0.179 e. The fourth-order valence-electron chi connectivity index (χ4n) is 2.51. The summed E-state index contributed by atoms with van der Waals surface area (Å²) in [5.74, 6) is 1.48. The van der Waals surface area contributed by atoms with Gasteiger partial charge in [0, 0.05) is 32.1 Å². The van der Waals surface area contributed by atoms with Crippen LogP contribution < -0.4 is 20.1 Å². The Morgan fingerprint density at radius 3 is 2.77 bits per heavy atom. The number of rotatable bonds is 7. The highest BCUT2D eigenvalue weighted by Gasteiger charge is 2.24. The van der Waals surface area contributed by atoms with Crippen LogP contribution in [0.4, 0.5) is 0 Å². The van der Waals surface area contributed by atoms with Crippen LogP contribution in [0.5, 0.6) is 11.5 Å². The molecule has 0 radical (unpaired) electrons. The summed E-state index contributed by atoms with van der Waals surface area (Å²) in [6, 6.07) is 3.81. The van der Waals surface area contributed by atoms with E-state index in [1.807, 2.05) is 19.1 Å². The lowest BCUT2D eigenvalue weighted by Gasteiger charge is -2.16. The average Bonchev–Trinajstić information content (AvgIpc) is 2.85. The van der Waals surface area contributed by atoms with E-state index in [-0.39, 0.29) is 24.4 Å². The molecule has 1 aliphatic heterocycles. The molecule has 0 saturated carbocycles. The zero-order chi connectivity index (χ0) is 15.2. The molecule has 7 heteroatoms. The minimum atomic E-state index is -0.268. The highest BCUT2D eigenvalue weighted by Crippen LogP contribution is 2.36. The van der Waals surface area contributed by atoms with Gasteiger partial charge in [-0.05, 0) is 24.6 Å². The monoisotopic (exact) mass is 350 g/mol. The van der Waals surface area contributed by atoms with Crippen molar-refractivity contribution in [3.63, 3.8) is 0 Å². The number of ether oxygens (including phenoxy) is 2. The number of benzene rings is 1. The van der Waals surface area contributed by atoms with E-state index in [0.717, 1.165) is 18.7 Å². The minimum Gasteiger partial charge on any atom is -0.491 e. The molecule has 2 unspecified atom stereocenters. The SMILES string of the molecule is CCOc1cc(CNCC2CNCC2O)cc(Cl)c1OC.Cl. The molecule has 22 heavy (non-hydrogen) atoms. The van der Waals surface area contributed by atoms with Gasteiger partial charge in [0.1, 0.15) is 0 Å². The molecule has 1 aliphatic rings. The topological polar surface area (TPSA) is 62.8 Å². The number of hydrogen-bond donors (Lipinski definition) is 3. The van der Waals surface area contributed by atoms with Gasteiger partial charge in [0.15, 0.2) is 11.5 Å². The molecule has 1 heterocycles. The predicted molar refractivity (Wildman–Crippen MR) is 90.5 cm³/mol. The molecule has 0 aromatic heterocycles. The number of β-amino-alcohol motifs (C(OH)–C–C–N with tert-alkyl or cyclic N) is 1. The molecule has 5 nitrogen and oxygen atoms in total. The molecule has 0 spiro atoms. The third-order valence-corrected chi connectivity index (χ3v) is 3.89. The second-order valence-electron chi connectivity index (χ2n) is 5.16. The summed E-state index contributed by atoms with van der Waals surface area (Å²) in [5.41, 5.74) is 1.03. The van der Waals surface area contributed by atoms with Crippen LogP contribution in [0, 0.1) is 5.92 Å². The Bertz CT molecular complexity index is 474. The highest BCUT2D eigenvalue weighted by atomic mass is 35.5. The van der Waals surface area contributed by atoms with Crippen molar-refractivity contribution in [2.24, 2.45) is 5.92 Å². The average molecular weight is 351 g/mol. The quantitative estimate of drug-likeness (QED) is 0.700. The molecule has 2 rings (SSSR count). The van der Waals surface area contributed by atoms with Gasteiger partial charge in [0.05, 0.1) is 24.8 Å². The van der Waals surface area contributed by atoms with Crippen molar-refractivity contribution < 1.29 is 14.6 Å². The maximum atomic E-state index is 9.75. The van der Waals surface area contributed by atoms with Gasteiger partial charge >= 0.3 is 0 Å². The van der Waals surface area contributed by atoms with Gasteiger partial charge in [0.2, 0.25) is 0 Å². The molecular formula is C15H24Cl2N2O3. The Morgan fingerprint density at radius 2 is 2.18 bits per heavy atom. The van der Waals surface area contributed by atoms with E-state index >= 15 is 0 Å². The molecule has 0 amide bonds. The third-order valence-electron chi connectivity index (χ3n) is 3.61. The van der Waals surface area contributed by atoms with Gasteiger partial charge in [-0.2, -0.15) is 0 Å². The lowest BCUT2D eigenvalue weighted by atomic mass is 10.1. The van der Waals surface area contributed by atoms with E-state index in [9.17, 15) is 5.11 Å². The van der Waals surface area contributed by atoms with Crippen molar-refractivity contribution in [1.29, 1.82) is 0 Å². The predicted octanol–water partition coefficient (Wildman–Crippen LogP) is 1.84. The van der Waals surface area contributed by atoms with Crippen molar-refractivity contribution in [3.8, 4) is 11.5 Å². The van der Waals surface area contributed by atoms with E-state index in [1.165, 1.54) is 0 Å². The van der Waals surface area contributed by atoms with Crippen molar-refractivity contribution >= 4 is 24.0 Å². The number of halogens is 2. The van der Waals surface area contributed by atoms with Gasteiger partial charge in [-0.25, -0.2) is 0 Å². The lowest BCUT2D eigenvalue weighted by Crippen LogP contribution is -2.30. The van der Waals surface area contributed by atoms with Gasteiger partial charge in [-0.15, -0.1) is 12.4 Å². The highest BCUT2D eigenvalue weighted by molar-refractivity contribution is 6.32. The molecule has 1 aromatic carbocycles. The molecule has 1 fully saturated rings. The first-order chi connectivity index (χ1) is 10.2. The molecule has 1 aromatic rings. The Morgan fingerprint density at radius 1 is 1.41 bits per heavy atom. The Hall–Kier alpha value is -0.720. The fourth-order valence-corrected chi connectivity index (χ4v) is 2.82. The van der Waals surface area contributed by atoms with Crippen LogP contribution in [0.1, 0.15) is 12.5 Å². The van der Waals surface area contributed by atoms with Crippen LogP contribution in [0.25, 0.3) is 0 Å². The van der Waals surface area contributed by atoms with E-state index in [0.29, 0.717) is 36.2 Å². The summed E-state index contributed by atoms with van der Waals surface area (Å²) in [6.45, 7) is 5.45. The fraction of sp³-hybridized carbons (Fsp3) is 0.600. The molecule has 1 saturated heterocycles. The summed E-state index contributed by atoms with van der Waals surface area (Å²) in [5, 5.41) is 16.8. The maximum absolute atomic E-state index is 9.75. The molecule has 0 bridgehead atoms. The van der Waals surface area contributed by atoms with Crippen molar-refractivity contribution in [2.75, 3.05) is 33.4 Å². The molecule has 3 N–H and O–H groups in total. The Balaban J connectivity index is 0.00000242. The summed E-state index contributed by atoms with van der Waals surface area (Å²) in [7, 11) is 1.58. The van der Waals surface area contributed by atoms with Gasteiger partial charge in [0.25, 0.3) is 0 Å². The number of aliphatic hydroxyl groups excluding tert-OH is 1. The largest absolute Gasteiger partial charge is 0.491 e. The number of methoxy groups -OCH3 is 1. The van der Waals surface area contributed by atoms with Crippen LogP contribution in [-0.4, -0.2) is 44.6 Å². The summed E-state index contributed by atoms with van der Waals surface area (Å²) in [6.07, 6.45) is -0.268. The van der Waals surface area contributed by atoms with Crippen LogP contribution in [0.15, 0.2) is 12.1 Å². The van der Waals surface area contributed by atoms with E-state index in [2.05, 4.69) is 10.6 Å². The second-order valence-corrected chi connectivity index (χ2v) is 5.57. The van der Waals surface area contributed by atoms with E-state index < -0.39 is 0 Å². The van der Waals surface area contributed by atoms with E-state index in [1.54, 1.807) is 7.11 Å². The number of hydrogen-bond acceptors (Lipinski definition) is 5. The third kappa shape index (κ3) is 4.89. The standard InChI is InChI=1S/C15H23ClN2O3.ClH/c1-3-21-14-5-10(4-12(16)15(14)20-2)6-17-7-11-8-18-9-13(11)19;/h4-5,11,13,17-19H,3,6-9H2,1-2H3;1H. The zero-order valence-corrected chi connectivity index (χ0v) is 14.5. The molecule has 0 aliphatic carbocycles. The van der Waals surface area contributed by atoms with Crippen molar-refractivity contribution in [2.45, 2.75) is 19.6 Å². The van der Waals surface area contributed by atoms with Gasteiger partial charge in [-0.3, -0.25) is 0 Å². The number of aliphatic hydroxyl groups is 1. The molecular weight excluding hydrogens is 327 g/mol. The van der Waals surface area contributed by atoms with Crippen molar-refractivity contribution in [3.05, 3.63) is 22.7 Å². The second kappa shape index (κ2) is 9.43. The smallest absolute Gasteiger partial charge is 0.179 e. The lowest BCUT2D eigenvalue weighted by molar-refractivity contribution is 0.146. The first-order valence-corrected chi connectivity index (χ1v) is 7.62. The van der Waals surface area contributed by atoms with E-state index in [4.69, 9.17) is 21.1 Å². The number of nitrogens with one attached hydrogen (secondary N) is 2. The van der Waals surface area contributed by atoms with Crippen molar-refractivity contribution in [1.82, 2.24) is 10.6 Å². The first kappa shape index (κ1) is 19.3. The Labute approximate surface area is 142 Å². The Kier molecular flexibility index (Phi) is 8.28. The van der Waals surface area contributed by atoms with Crippen LogP contribution in [-0.2, 0) is 6.54 Å². The summed E-state index contributed by atoms with van der Waals surface area (Å²) in [4.78, 5) is 0. The first-order valence-electron chi connectivity index (χ1n) is 7.24. The van der Waals surface area contributed by atoms with Gasteiger partial charge < -0.3 is 25.2 Å². The van der Waals surface area contributed by atoms with Crippen LogP contribution in [0.3, 0.4) is 0 Å². The van der Waals surface area contributed by atoms with Crippen LogP contribution >= 0.6 is 24.0 Å². The molecule has 126 valence electrons. The normalized spacial score (nSPS) is 20.5. The summed E-state index contributed by atoms with van der Waals surface area (Å²) >= 11 is 6.22. The summed E-state index contributed by atoms with van der Waals surface area (Å²) < 4.78 is 10.8. The van der Waals surface area contributed by atoms with Crippen LogP contribution in [0.2, 0.25) is 5.02 Å². The minimum absolute atomic E-state index is 0. The zero-order valence-electron chi connectivity index (χ0n) is 12.9. The molecule has 2 atom stereocenters. The van der Waals surface area contributed by atoms with Gasteiger partial charge in [-0.1, -0.05) is 11.6 Å².